The maximum atomic E-state index is 12.3. The Labute approximate surface area is 216 Å². The summed E-state index contributed by atoms with van der Waals surface area (Å²) in [7, 11) is 0. The Kier molecular flexibility index (Phi) is 14.6. The molecule has 0 aliphatic carbocycles. The number of unbranched alkanes of at least 4 members (excludes halogenated alkanes) is 13. The van der Waals surface area contributed by atoms with E-state index in [1.807, 2.05) is 0 Å². The zero-order valence-electron chi connectivity index (χ0n) is 21.3. The number of hydrogen-bond donors (Lipinski definition) is 4. The van der Waals surface area contributed by atoms with Gasteiger partial charge in [0.15, 0.2) is 11.6 Å². The molecule has 0 aliphatic heterocycles. The molecule has 1 aromatic carbocycles. The third-order valence-electron chi connectivity index (χ3n) is 6.12. The quantitative estimate of drug-likeness (QED) is 0.118. The van der Waals surface area contributed by atoms with Crippen LogP contribution in [0.2, 0.25) is 5.02 Å². The van der Waals surface area contributed by atoms with Gasteiger partial charge in [-0.2, -0.15) is 0 Å². The molecule has 8 heteroatoms. The van der Waals surface area contributed by atoms with Gasteiger partial charge in [-0.25, -0.2) is 9.97 Å². The number of aromatic nitrogens is 2. The van der Waals surface area contributed by atoms with Crippen LogP contribution in [0.1, 0.15) is 107 Å². The standard InChI is InChI=1S/C27H43ClN6O/c1-2-3-4-5-6-7-8-9-10-11-12-13-14-17-20-30-25-24(29)26(32-21-31-25)33-34-27(35)22-18-15-16-19-23(22)28/h15-16,18-19,21H,2-14,17,20,29H2,1H3,(H,34,35)(H2,30,31,32,33). The first-order valence-electron chi connectivity index (χ1n) is 13.3. The second kappa shape index (κ2) is 17.8. The zero-order valence-corrected chi connectivity index (χ0v) is 22.0. The number of hydrogen-bond acceptors (Lipinski definition) is 6. The molecule has 7 nitrogen and oxygen atoms in total. The van der Waals surface area contributed by atoms with Gasteiger partial charge in [-0.05, 0) is 18.6 Å². The summed E-state index contributed by atoms with van der Waals surface area (Å²) in [6.07, 6.45) is 20.1. The van der Waals surface area contributed by atoms with Crippen molar-refractivity contribution < 1.29 is 4.79 Å². The molecule has 2 rings (SSSR count). The highest BCUT2D eigenvalue weighted by atomic mass is 35.5. The second-order valence-corrected chi connectivity index (χ2v) is 9.47. The van der Waals surface area contributed by atoms with Gasteiger partial charge >= 0.3 is 0 Å². The number of anilines is 3. The number of benzene rings is 1. The van der Waals surface area contributed by atoms with E-state index in [1.165, 1.54) is 89.8 Å². The van der Waals surface area contributed by atoms with E-state index in [0.29, 0.717) is 27.9 Å². The molecular formula is C27H43ClN6O. The normalized spacial score (nSPS) is 10.8. The molecule has 0 saturated heterocycles. The smallest absolute Gasteiger partial charge is 0.271 e. The van der Waals surface area contributed by atoms with Crippen molar-refractivity contribution >= 4 is 34.8 Å². The Hall–Kier alpha value is -2.54. The molecule has 2 aromatic rings. The van der Waals surface area contributed by atoms with Crippen molar-refractivity contribution in [1.29, 1.82) is 0 Å². The van der Waals surface area contributed by atoms with Crippen molar-refractivity contribution in [1.82, 2.24) is 15.4 Å². The van der Waals surface area contributed by atoms with Crippen LogP contribution in [0.4, 0.5) is 17.3 Å². The van der Waals surface area contributed by atoms with Crippen molar-refractivity contribution in [3.63, 3.8) is 0 Å². The number of amides is 1. The highest BCUT2D eigenvalue weighted by Crippen LogP contribution is 2.22. The van der Waals surface area contributed by atoms with E-state index in [-0.39, 0.29) is 5.91 Å². The van der Waals surface area contributed by atoms with Crippen LogP contribution in [-0.2, 0) is 0 Å². The maximum Gasteiger partial charge on any atom is 0.271 e. The molecule has 5 N–H and O–H groups in total. The number of carbonyl (C=O) groups is 1. The fraction of sp³-hybridized carbons (Fsp3) is 0.593. The van der Waals surface area contributed by atoms with Gasteiger partial charge in [0, 0.05) is 6.54 Å². The van der Waals surface area contributed by atoms with E-state index in [4.69, 9.17) is 17.3 Å². The average molecular weight is 503 g/mol. The summed E-state index contributed by atoms with van der Waals surface area (Å²) in [5.41, 5.74) is 12.2. The van der Waals surface area contributed by atoms with Crippen LogP contribution in [0, 0.1) is 0 Å². The predicted octanol–water partition coefficient (Wildman–Crippen LogP) is 7.36. The summed E-state index contributed by atoms with van der Waals surface area (Å²) in [5, 5.41) is 3.65. The van der Waals surface area contributed by atoms with Gasteiger partial charge in [-0.15, -0.1) is 0 Å². The van der Waals surface area contributed by atoms with E-state index in [1.54, 1.807) is 24.3 Å². The lowest BCUT2D eigenvalue weighted by molar-refractivity contribution is 0.0962. The molecule has 0 unspecified atom stereocenters. The SMILES string of the molecule is CCCCCCCCCCCCCCCCNc1ncnc(NNC(=O)c2ccccc2Cl)c1N. The predicted molar refractivity (Wildman–Crippen MR) is 148 cm³/mol. The molecule has 0 spiro atoms. The lowest BCUT2D eigenvalue weighted by Crippen LogP contribution is -2.30. The Bertz CT molecular complexity index is 863. The number of hydrazine groups is 1. The molecule has 0 saturated carbocycles. The van der Waals surface area contributed by atoms with Gasteiger partial charge in [0.05, 0.1) is 10.6 Å². The summed E-state index contributed by atoms with van der Waals surface area (Å²) in [4.78, 5) is 20.6. The fourth-order valence-electron chi connectivity index (χ4n) is 3.99. The third kappa shape index (κ3) is 11.6. The summed E-state index contributed by atoms with van der Waals surface area (Å²) in [6.45, 7) is 3.07. The number of nitrogens with two attached hydrogens (primary N) is 1. The Morgan fingerprint density at radius 3 is 1.97 bits per heavy atom. The van der Waals surface area contributed by atoms with Crippen molar-refractivity contribution in [2.75, 3.05) is 23.0 Å². The summed E-state index contributed by atoms with van der Waals surface area (Å²) < 4.78 is 0. The molecule has 0 atom stereocenters. The number of rotatable bonds is 19. The monoisotopic (exact) mass is 502 g/mol. The first kappa shape index (κ1) is 28.7. The molecule has 194 valence electrons. The van der Waals surface area contributed by atoms with Crippen molar-refractivity contribution in [3.8, 4) is 0 Å². The van der Waals surface area contributed by atoms with Crippen LogP contribution in [0.15, 0.2) is 30.6 Å². The minimum absolute atomic E-state index is 0.337. The van der Waals surface area contributed by atoms with E-state index in [2.05, 4.69) is 33.1 Å². The van der Waals surface area contributed by atoms with E-state index in [9.17, 15) is 4.79 Å². The largest absolute Gasteiger partial charge is 0.393 e. The third-order valence-corrected chi connectivity index (χ3v) is 6.45. The molecule has 1 heterocycles. The Morgan fingerprint density at radius 2 is 1.37 bits per heavy atom. The van der Waals surface area contributed by atoms with Crippen molar-refractivity contribution in [2.45, 2.75) is 96.8 Å². The summed E-state index contributed by atoms with van der Waals surface area (Å²) in [5.74, 6) is 0.526. The lowest BCUT2D eigenvalue weighted by atomic mass is 10.0. The molecule has 35 heavy (non-hydrogen) atoms. The molecule has 0 radical (unpaired) electrons. The highest BCUT2D eigenvalue weighted by Gasteiger charge is 2.12. The van der Waals surface area contributed by atoms with Gasteiger partial charge in [0.25, 0.3) is 5.91 Å². The van der Waals surface area contributed by atoms with Gasteiger partial charge < -0.3 is 11.1 Å². The van der Waals surface area contributed by atoms with Gasteiger partial charge in [-0.3, -0.25) is 15.6 Å². The lowest BCUT2D eigenvalue weighted by Gasteiger charge is -2.13. The van der Waals surface area contributed by atoms with Crippen molar-refractivity contribution in [2.24, 2.45) is 0 Å². The van der Waals surface area contributed by atoms with Gasteiger partial charge in [0.1, 0.15) is 12.0 Å². The number of nitrogens with one attached hydrogen (secondary N) is 3. The van der Waals surface area contributed by atoms with Crippen LogP contribution in [0.5, 0.6) is 0 Å². The molecule has 0 bridgehead atoms. The molecular weight excluding hydrogens is 460 g/mol. The van der Waals surface area contributed by atoms with E-state index >= 15 is 0 Å². The number of nitrogens with zero attached hydrogens (tertiary/aromatic N) is 2. The number of nitrogen functional groups attached to an aromatic ring is 1. The molecule has 0 fully saturated rings. The summed E-state index contributed by atoms with van der Waals surface area (Å²) in [6, 6.07) is 6.82. The van der Waals surface area contributed by atoms with Crippen LogP contribution < -0.4 is 21.9 Å². The average Bonchev–Trinajstić information content (AvgIpc) is 2.86. The van der Waals surface area contributed by atoms with Crippen LogP contribution >= 0.6 is 11.6 Å². The van der Waals surface area contributed by atoms with Gasteiger partial charge in [-0.1, -0.05) is 114 Å². The fourth-order valence-corrected chi connectivity index (χ4v) is 4.21. The topological polar surface area (TPSA) is 105 Å². The Balaban J connectivity index is 1.54. The minimum atomic E-state index is -0.370. The molecule has 1 amide bonds. The first-order valence-corrected chi connectivity index (χ1v) is 13.7. The minimum Gasteiger partial charge on any atom is -0.393 e. The van der Waals surface area contributed by atoms with Crippen molar-refractivity contribution in [3.05, 3.63) is 41.2 Å². The van der Waals surface area contributed by atoms with Crippen LogP contribution in [-0.4, -0.2) is 22.4 Å². The summed E-state index contributed by atoms with van der Waals surface area (Å²) >= 11 is 6.06. The first-order chi connectivity index (χ1) is 17.1. The van der Waals surface area contributed by atoms with E-state index < -0.39 is 0 Å². The van der Waals surface area contributed by atoms with E-state index in [0.717, 1.165) is 13.0 Å². The number of halogens is 1. The molecule has 1 aromatic heterocycles. The van der Waals surface area contributed by atoms with Gasteiger partial charge in [0.2, 0.25) is 0 Å². The van der Waals surface area contributed by atoms with Crippen LogP contribution in [0.25, 0.3) is 0 Å². The zero-order chi connectivity index (χ0) is 25.1. The molecule has 0 aliphatic rings. The highest BCUT2D eigenvalue weighted by molar-refractivity contribution is 6.33. The maximum absolute atomic E-state index is 12.3. The Morgan fingerprint density at radius 1 is 0.829 bits per heavy atom. The van der Waals surface area contributed by atoms with Crippen LogP contribution in [0.3, 0.4) is 0 Å². The number of carbonyl (C=O) groups excluding carboxylic acids is 1. The second-order valence-electron chi connectivity index (χ2n) is 9.07.